The summed E-state index contributed by atoms with van der Waals surface area (Å²) in [7, 11) is 4.08. The molecule has 10 heteroatoms. The molecule has 198 valence electrons. The van der Waals surface area contributed by atoms with Gasteiger partial charge in [0.25, 0.3) is 5.91 Å². The number of likely N-dealkylation sites (tertiary alicyclic amines) is 1. The average Bonchev–Trinajstić information content (AvgIpc) is 2.93. The zero-order chi connectivity index (χ0) is 26.6. The van der Waals surface area contributed by atoms with E-state index in [1.165, 1.54) is 0 Å². The lowest BCUT2D eigenvalue weighted by Crippen LogP contribution is -2.51. The summed E-state index contributed by atoms with van der Waals surface area (Å²) in [5.74, 6) is 0.852. The van der Waals surface area contributed by atoms with Crippen LogP contribution in [0.2, 0.25) is 0 Å². The maximum atomic E-state index is 13.6. The lowest BCUT2D eigenvalue weighted by Gasteiger charge is -2.39. The summed E-state index contributed by atoms with van der Waals surface area (Å²) in [5, 5.41) is 27.4. The Bertz CT molecular complexity index is 1360. The lowest BCUT2D eigenvalue weighted by atomic mass is 10.1. The van der Waals surface area contributed by atoms with Crippen LogP contribution in [0.15, 0.2) is 42.5 Å². The number of anilines is 3. The van der Waals surface area contributed by atoms with Gasteiger partial charge in [-0.15, -0.1) is 0 Å². The van der Waals surface area contributed by atoms with Gasteiger partial charge in [0, 0.05) is 50.2 Å². The number of aromatic nitrogens is 2. The number of carbonyl (C=O) groups excluding carboxylic acids is 1. The number of amides is 1. The summed E-state index contributed by atoms with van der Waals surface area (Å²) in [6, 6.07) is 14.8. The molecular formula is C28H34N8O2. The Balaban J connectivity index is 1.50. The van der Waals surface area contributed by atoms with E-state index in [0.29, 0.717) is 37.0 Å². The summed E-state index contributed by atoms with van der Waals surface area (Å²) >= 11 is 0. The van der Waals surface area contributed by atoms with Gasteiger partial charge in [0.15, 0.2) is 0 Å². The highest BCUT2D eigenvalue weighted by molar-refractivity contribution is 6.09. The quantitative estimate of drug-likeness (QED) is 0.455. The Morgan fingerprint density at radius 2 is 2.08 bits per heavy atom. The van der Waals surface area contributed by atoms with Crippen LogP contribution >= 0.6 is 0 Å². The fourth-order valence-corrected chi connectivity index (χ4v) is 5.40. The van der Waals surface area contributed by atoms with Crippen molar-refractivity contribution in [2.45, 2.75) is 37.9 Å². The van der Waals surface area contributed by atoms with Crippen molar-refractivity contribution in [2.75, 3.05) is 55.4 Å². The molecule has 1 unspecified atom stereocenters. The van der Waals surface area contributed by atoms with Crippen molar-refractivity contribution in [3.8, 4) is 11.8 Å². The molecule has 2 aromatic carbocycles. The molecule has 0 aliphatic carbocycles. The molecule has 2 atom stereocenters. The minimum atomic E-state index is -0.375. The molecule has 10 nitrogen and oxygen atoms in total. The average molecular weight is 515 g/mol. The van der Waals surface area contributed by atoms with Gasteiger partial charge in [0.1, 0.15) is 17.3 Å². The largest absolute Gasteiger partial charge is 0.508 e. The molecule has 3 N–H and O–H groups in total. The first-order chi connectivity index (χ1) is 18.4. The Kier molecular flexibility index (Phi) is 7.58. The summed E-state index contributed by atoms with van der Waals surface area (Å²) in [6.07, 6.45) is 3.83. The van der Waals surface area contributed by atoms with Crippen LogP contribution in [0.25, 0.3) is 10.8 Å². The van der Waals surface area contributed by atoms with Crippen LogP contribution in [0.1, 0.15) is 36.2 Å². The highest BCUT2D eigenvalue weighted by atomic mass is 16.3. The van der Waals surface area contributed by atoms with Crippen LogP contribution in [0, 0.1) is 11.3 Å². The smallest absolute Gasteiger partial charge is 0.274 e. The Morgan fingerprint density at radius 3 is 2.89 bits per heavy atom. The van der Waals surface area contributed by atoms with E-state index in [2.05, 4.69) is 38.5 Å². The van der Waals surface area contributed by atoms with Gasteiger partial charge >= 0.3 is 0 Å². The molecule has 38 heavy (non-hydrogen) atoms. The minimum absolute atomic E-state index is 0.0327. The normalized spacial score (nSPS) is 20.2. The van der Waals surface area contributed by atoms with Gasteiger partial charge < -0.3 is 25.5 Å². The summed E-state index contributed by atoms with van der Waals surface area (Å²) in [4.78, 5) is 29.7. The van der Waals surface area contributed by atoms with E-state index in [4.69, 9.17) is 9.97 Å². The number of fused-ring (bicyclic) bond motifs is 1. The van der Waals surface area contributed by atoms with Crippen molar-refractivity contribution in [1.29, 1.82) is 5.26 Å². The van der Waals surface area contributed by atoms with Crippen molar-refractivity contribution in [3.05, 3.63) is 48.2 Å². The number of hydrogen-bond donors (Lipinski definition) is 3. The predicted molar refractivity (Wildman–Crippen MR) is 149 cm³/mol. The van der Waals surface area contributed by atoms with E-state index in [-0.39, 0.29) is 29.6 Å². The molecule has 2 aliphatic rings. The first-order valence-corrected chi connectivity index (χ1v) is 13.1. The molecule has 2 fully saturated rings. The van der Waals surface area contributed by atoms with Gasteiger partial charge in [0.2, 0.25) is 5.95 Å². The van der Waals surface area contributed by atoms with Crippen LogP contribution < -0.4 is 20.4 Å². The van der Waals surface area contributed by atoms with Crippen LogP contribution in [-0.4, -0.2) is 78.4 Å². The fraction of sp³-hybridized carbons (Fsp3) is 0.429. The second-order valence-corrected chi connectivity index (χ2v) is 10.1. The SMILES string of the molecule is CN1CCCCC1N(C)c1nc(C(=O)Nc2cc(O)cc3ccccc23)cc(N2CCN[C@@H](CC#N)C2)n1. The van der Waals surface area contributed by atoms with Gasteiger partial charge in [-0.05, 0) is 44.3 Å². The number of piperazine rings is 1. The molecule has 3 heterocycles. The molecule has 2 saturated heterocycles. The van der Waals surface area contributed by atoms with Crippen LogP contribution in [-0.2, 0) is 0 Å². The molecule has 1 amide bonds. The molecule has 0 spiro atoms. The van der Waals surface area contributed by atoms with Crippen LogP contribution in [0.3, 0.4) is 0 Å². The number of nitrogens with one attached hydrogen (secondary N) is 2. The Labute approximate surface area is 222 Å². The number of rotatable bonds is 6. The first-order valence-electron chi connectivity index (χ1n) is 13.1. The number of phenolic OH excluding ortho intramolecular Hbond substituents is 1. The van der Waals surface area contributed by atoms with E-state index in [1.807, 2.05) is 31.3 Å². The van der Waals surface area contributed by atoms with E-state index in [0.717, 1.165) is 43.1 Å². The van der Waals surface area contributed by atoms with Gasteiger partial charge in [-0.25, -0.2) is 4.98 Å². The number of aromatic hydroxyl groups is 1. The third kappa shape index (κ3) is 5.49. The molecule has 3 aromatic rings. The Morgan fingerprint density at radius 1 is 1.24 bits per heavy atom. The summed E-state index contributed by atoms with van der Waals surface area (Å²) in [5.41, 5.74) is 0.766. The molecule has 2 aliphatic heterocycles. The molecular weight excluding hydrogens is 480 g/mol. The standard InChI is InChI=1S/C28H34N8O2/c1-34-13-6-5-9-26(34)35(2)28-32-24(17-25(33-28)36-14-12-30-20(18-36)10-11-29)27(38)31-23-16-21(37)15-19-7-3-4-8-22(19)23/h3-4,7-8,15-17,20,26,30,37H,5-6,9-10,12-14,18H2,1-2H3,(H,31,38)/t20-,26?/m0/s1. The van der Waals surface area contributed by atoms with Crippen LogP contribution in [0.4, 0.5) is 17.5 Å². The zero-order valence-electron chi connectivity index (χ0n) is 21.9. The lowest BCUT2D eigenvalue weighted by molar-refractivity contribution is 0.102. The van der Waals surface area contributed by atoms with Crippen molar-refractivity contribution in [1.82, 2.24) is 20.2 Å². The minimum Gasteiger partial charge on any atom is -0.508 e. The van der Waals surface area contributed by atoms with Crippen molar-refractivity contribution in [3.63, 3.8) is 0 Å². The number of nitrogens with zero attached hydrogens (tertiary/aromatic N) is 6. The zero-order valence-corrected chi connectivity index (χ0v) is 21.9. The van der Waals surface area contributed by atoms with Gasteiger partial charge in [-0.1, -0.05) is 24.3 Å². The van der Waals surface area contributed by atoms with E-state index >= 15 is 0 Å². The number of phenols is 1. The maximum absolute atomic E-state index is 13.6. The van der Waals surface area contributed by atoms with Gasteiger partial charge in [0.05, 0.1) is 24.3 Å². The number of hydrogen-bond acceptors (Lipinski definition) is 9. The number of piperidine rings is 1. The molecule has 0 saturated carbocycles. The topological polar surface area (TPSA) is 121 Å². The monoisotopic (exact) mass is 514 g/mol. The molecule has 0 radical (unpaired) electrons. The second-order valence-electron chi connectivity index (χ2n) is 10.1. The van der Waals surface area contributed by atoms with Crippen molar-refractivity contribution < 1.29 is 9.90 Å². The number of nitriles is 1. The Hall–Kier alpha value is -3.94. The summed E-state index contributed by atoms with van der Waals surface area (Å²) < 4.78 is 0. The third-order valence-electron chi connectivity index (χ3n) is 7.44. The van der Waals surface area contributed by atoms with Crippen molar-refractivity contribution >= 4 is 34.1 Å². The van der Waals surface area contributed by atoms with Gasteiger partial charge in [-0.2, -0.15) is 10.2 Å². The molecule has 5 rings (SSSR count). The summed E-state index contributed by atoms with van der Waals surface area (Å²) in [6.45, 7) is 3.06. The number of benzene rings is 2. The second kappa shape index (κ2) is 11.2. The predicted octanol–water partition coefficient (Wildman–Crippen LogP) is 3.16. The number of carbonyl (C=O) groups is 1. The molecule has 1 aromatic heterocycles. The maximum Gasteiger partial charge on any atom is 0.274 e. The van der Waals surface area contributed by atoms with Gasteiger partial charge in [-0.3, -0.25) is 9.69 Å². The fourth-order valence-electron chi connectivity index (χ4n) is 5.40. The van der Waals surface area contributed by atoms with E-state index < -0.39 is 0 Å². The van der Waals surface area contributed by atoms with E-state index in [9.17, 15) is 15.2 Å². The van der Waals surface area contributed by atoms with Crippen LogP contribution in [0.5, 0.6) is 5.75 Å². The highest BCUT2D eigenvalue weighted by Gasteiger charge is 2.28. The highest BCUT2D eigenvalue weighted by Crippen LogP contribution is 2.30. The molecule has 0 bridgehead atoms. The third-order valence-corrected chi connectivity index (χ3v) is 7.44. The van der Waals surface area contributed by atoms with Crippen molar-refractivity contribution in [2.24, 2.45) is 0 Å². The first kappa shape index (κ1) is 25.7. The van der Waals surface area contributed by atoms with E-state index in [1.54, 1.807) is 18.2 Å².